The summed E-state index contributed by atoms with van der Waals surface area (Å²) in [6.45, 7) is 4.20. The average Bonchev–Trinajstić information content (AvgIpc) is 3.17. The molecule has 0 aliphatic heterocycles. The summed E-state index contributed by atoms with van der Waals surface area (Å²) < 4.78 is 7.15. The van der Waals surface area contributed by atoms with Crippen molar-refractivity contribution in [1.29, 1.82) is 5.26 Å². The predicted molar refractivity (Wildman–Crippen MR) is 83.8 cm³/mol. The second-order valence-corrected chi connectivity index (χ2v) is 5.81. The van der Waals surface area contributed by atoms with Crippen LogP contribution >= 0.6 is 0 Å². The fraction of sp³-hybridized carbons (Fsp3) is 0.235. The molecule has 0 saturated heterocycles. The minimum atomic E-state index is -0.180. The summed E-state index contributed by atoms with van der Waals surface area (Å²) in [4.78, 5) is 8.75. The highest BCUT2D eigenvalue weighted by Crippen LogP contribution is 2.46. The Kier molecular flexibility index (Phi) is 2.85. The number of aromatic nitrogens is 4. The highest BCUT2D eigenvalue weighted by molar-refractivity contribution is 5.67. The Hall–Kier alpha value is -2.94. The Morgan fingerprint density at radius 1 is 1.35 bits per heavy atom. The summed E-state index contributed by atoms with van der Waals surface area (Å²) in [5.41, 5.74) is 2.59. The third-order valence-electron chi connectivity index (χ3n) is 4.16. The van der Waals surface area contributed by atoms with Gasteiger partial charge in [0.2, 0.25) is 0 Å². The van der Waals surface area contributed by atoms with Crippen molar-refractivity contribution in [3.63, 3.8) is 0 Å². The maximum absolute atomic E-state index is 9.07. The summed E-state index contributed by atoms with van der Waals surface area (Å²) in [5, 5.41) is 13.7. The molecule has 1 aliphatic carbocycles. The molecule has 1 saturated carbocycles. The van der Waals surface area contributed by atoms with Crippen molar-refractivity contribution in [2.75, 3.05) is 7.11 Å². The zero-order chi connectivity index (χ0) is 16.0. The third-order valence-corrected chi connectivity index (χ3v) is 4.16. The van der Waals surface area contributed by atoms with Crippen molar-refractivity contribution < 1.29 is 4.74 Å². The van der Waals surface area contributed by atoms with Gasteiger partial charge in [0.25, 0.3) is 0 Å². The second-order valence-electron chi connectivity index (χ2n) is 5.81. The lowest BCUT2D eigenvalue weighted by molar-refractivity contribution is 0.416. The minimum Gasteiger partial charge on any atom is -0.493 e. The molecule has 3 aromatic rings. The first-order chi connectivity index (χ1) is 11.1. The van der Waals surface area contributed by atoms with Crippen LogP contribution in [0, 0.1) is 18.3 Å². The van der Waals surface area contributed by atoms with Gasteiger partial charge < -0.3 is 4.74 Å². The van der Waals surface area contributed by atoms with Crippen molar-refractivity contribution >= 4 is 5.65 Å². The molecule has 0 amide bonds. The molecule has 4 rings (SSSR count). The van der Waals surface area contributed by atoms with Gasteiger partial charge in [-0.15, -0.1) is 5.10 Å². The normalized spacial score (nSPS) is 15.3. The van der Waals surface area contributed by atoms with Crippen LogP contribution in [-0.4, -0.2) is 26.7 Å². The summed E-state index contributed by atoms with van der Waals surface area (Å²) in [7, 11) is 1.61. The third kappa shape index (κ3) is 2.13. The molecule has 6 heteroatoms. The molecule has 113 valence electrons. The largest absolute Gasteiger partial charge is 0.493 e. The number of hydrogen-bond acceptors (Lipinski definition) is 5. The van der Waals surface area contributed by atoms with Crippen LogP contribution in [0.5, 0.6) is 5.75 Å². The summed E-state index contributed by atoms with van der Waals surface area (Å²) in [6, 6.07) is 7.64. The van der Waals surface area contributed by atoms with E-state index in [0.717, 1.165) is 29.9 Å². The number of pyridine rings is 2. The Labute approximate surface area is 133 Å². The van der Waals surface area contributed by atoms with Gasteiger partial charge in [-0.1, -0.05) is 0 Å². The van der Waals surface area contributed by atoms with Crippen LogP contribution in [-0.2, 0) is 5.41 Å². The van der Waals surface area contributed by atoms with Gasteiger partial charge in [0, 0.05) is 23.4 Å². The first-order valence-corrected chi connectivity index (χ1v) is 7.30. The van der Waals surface area contributed by atoms with Crippen molar-refractivity contribution in [2.45, 2.75) is 18.3 Å². The van der Waals surface area contributed by atoms with E-state index in [4.69, 9.17) is 10.00 Å². The van der Waals surface area contributed by atoms with Crippen LogP contribution in [0.25, 0.3) is 16.9 Å². The van der Waals surface area contributed by atoms with E-state index in [9.17, 15) is 0 Å². The van der Waals surface area contributed by atoms with Gasteiger partial charge in [0.1, 0.15) is 6.07 Å². The topological polar surface area (TPSA) is 76.1 Å². The van der Waals surface area contributed by atoms with Crippen LogP contribution in [0.4, 0.5) is 0 Å². The van der Waals surface area contributed by atoms with Gasteiger partial charge >= 0.3 is 0 Å². The zero-order valence-electron chi connectivity index (χ0n) is 12.7. The molecule has 0 atom stereocenters. The quantitative estimate of drug-likeness (QED) is 0.743. The van der Waals surface area contributed by atoms with Gasteiger partial charge in [0.05, 0.1) is 18.4 Å². The fourth-order valence-corrected chi connectivity index (χ4v) is 2.56. The van der Waals surface area contributed by atoms with E-state index in [1.54, 1.807) is 23.9 Å². The molecule has 0 aromatic carbocycles. The fourth-order valence-electron chi connectivity index (χ4n) is 2.56. The van der Waals surface area contributed by atoms with Gasteiger partial charge in [-0.05, 0) is 38.0 Å². The molecule has 23 heavy (non-hydrogen) atoms. The van der Waals surface area contributed by atoms with E-state index in [2.05, 4.69) is 28.1 Å². The Bertz CT molecular complexity index is 949. The zero-order valence-corrected chi connectivity index (χ0v) is 12.7. The van der Waals surface area contributed by atoms with Crippen molar-refractivity contribution in [1.82, 2.24) is 19.6 Å². The standard InChI is InChI=1S/C17H14N5O/c1-17(5-6-17)16-20-15-14(23-2)4-3-13(22(15)21-16)12-7-11(8-18)9-19-10-12/h3-4,7,9-10H,1,5-6H2,2H3. The number of hydrogen-bond donors (Lipinski definition) is 0. The Morgan fingerprint density at radius 2 is 2.17 bits per heavy atom. The lowest BCUT2D eigenvalue weighted by Gasteiger charge is -2.07. The van der Waals surface area contributed by atoms with E-state index in [1.165, 1.54) is 6.20 Å². The highest BCUT2D eigenvalue weighted by Gasteiger charge is 2.43. The molecule has 0 spiro atoms. The van der Waals surface area contributed by atoms with Crippen LogP contribution in [0.2, 0.25) is 0 Å². The number of methoxy groups -OCH3 is 1. The number of nitrogens with zero attached hydrogens (tertiary/aromatic N) is 5. The van der Waals surface area contributed by atoms with Crippen molar-refractivity contribution in [3.8, 4) is 23.1 Å². The average molecular weight is 304 g/mol. The molecule has 1 aliphatic rings. The Morgan fingerprint density at radius 3 is 2.87 bits per heavy atom. The summed E-state index contributed by atoms with van der Waals surface area (Å²) in [5.74, 6) is 1.38. The van der Waals surface area contributed by atoms with E-state index < -0.39 is 0 Å². The van der Waals surface area contributed by atoms with Crippen LogP contribution in [0.1, 0.15) is 24.2 Å². The number of rotatable bonds is 3. The molecule has 6 nitrogen and oxygen atoms in total. The van der Waals surface area contributed by atoms with Crippen LogP contribution < -0.4 is 4.74 Å². The lowest BCUT2D eigenvalue weighted by Crippen LogP contribution is -2.03. The molecule has 3 heterocycles. The Balaban J connectivity index is 1.96. The first-order valence-electron chi connectivity index (χ1n) is 7.30. The van der Waals surface area contributed by atoms with Gasteiger partial charge in [-0.2, -0.15) is 5.26 Å². The van der Waals surface area contributed by atoms with E-state index in [1.807, 2.05) is 12.1 Å². The number of ether oxygens (including phenoxy) is 1. The van der Waals surface area contributed by atoms with Crippen LogP contribution in [0.15, 0.2) is 30.6 Å². The smallest absolute Gasteiger partial charge is 0.198 e. The molecular formula is C17H14N5O. The van der Waals surface area contributed by atoms with Crippen molar-refractivity contribution in [2.24, 2.45) is 0 Å². The SMILES string of the molecule is [CH2]C1(c2nc3c(OC)ccc(-c4cncc(C#N)c4)n3n2)CC1. The molecule has 0 unspecified atom stereocenters. The van der Waals surface area contributed by atoms with Gasteiger partial charge in [0.15, 0.2) is 17.2 Å². The molecule has 0 N–H and O–H groups in total. The van der Waals surface area contributed by atoms with E-state index >= 15 is 0 Å². The lowest BCUT2D eigenvalue weighted by atomic mass is 10.1. The first kappa shape index (κ1) is 13.7. The van der Waals surface area contributed by atoms with E-state index in [-0.39, 0.29) is 5.41 Å². The molecular weight excluding hydrogens is 290 g/mol. The minimum absolute atomic E-state index is 0.180. The van der Waals surface area contributed by atoms with Crippen LogP contribution in [0.3, 0.4) is 0 Å². The molecule has 1 fully saturated rings. The number of fused-ring (bicyclic) bond motifs is 1. The second kappa shape index (κ2) is 4.78. The molecule has 3 aromatic heterocycles. The molecule has 0 bridgehead atoms. The maximum atomic E-state index is 9.07. The van der Waals surface area contributed by atoms with Gasteiger partial charge in [-0.25, -0.2) is 9.50 Å². The highest BCUT2D eigenvalue weighted by atomic mass is 16.5. The maximum Gasteiger partial charge on any atom is 0.198 e. The summed E-state index contributed by atoms with van der Waals surface area (Å²) in [6.07, 6.45) is 5.23. The predicted octanol–water partition coefficient (Wildman–Crippen LogP) is 2.54. The summed E-state index contributed by atoms with van der Waals surface area (Å²) >= 11 is 0. The van der Waals surface area contributed by atoms with Gasteiger partial charge in [-0.3, -0.25) is 4.98 Å². The molecule has 1 radical (unpaired) electrons. The van der Waals surface area contributed by atoms with Crippen molar-refractivity contribution in [3.05, 3.63) is 48.9 Å². The number of nitriles is 1. The monoisotopic (exact) mass is 304 g/mol. The van der Waals surface area contributed by atoms with E-state index in [0.29, 0.717) is 17.0 Å².